The van der Waals surface area contributed by atoms with E-state index >= 15 is 0 Å². The maximum atomic E-state index is 11.7. The molecule has 0 aromatic heterocycles. The maximum Gasteiger partial charge on any atom is 0.255 e. The Hall–Kier alpha value is -1.92. The van der Waals surface area contributed by atoms with Crippen LogP contribution in [0.25, 0.3) is 0 Å². The first-order valence-electron chi connectivity index (χ1n) is 4.84. The molecule has 0 aliphatic heterocycles. The molecule has 0 bridgehead atoms. The van der Waals surface area contributed by atoms with Crippen LogP contribution in [-0.4, -0.2) is 32.4 Å². The Morgan fingerprint density at radius 1 is 1.24 bits per heavy atom. The summed E-state index contributed by atoms with van der Waals surface area (Å²) in [6.45, 7) is 0. The Morgan fingerprint density at radius 3 is 2.35 bits per heavy atom. The number of methoxy groups -OCH3 is 2. The van der Waals surface area contributed by atoms with E-state index in [1.807, 2.05) is 0 Å². The molecule has 92 valence electrons. The number of carbonyl (C=O) groups is 2. The van der Waals surface area contributed by atoms with E-state index in [1.54, 1.807) is 12.1 Å². The Kier molecular flexibility index (Phi) is 4.62. The summed E-state index contributed by atoms with van der Waals surface area (Å²) in [5, 5.41) is 2.46. The summed E-state index contributed by atoms with van der Waals surface area (Å²) in [6, 6.07) is 6.07. The number of benzene rings is 1. The minimum atomic E-state index is -0.834. The number of nitrogens with two attached hydrogens (primary N) is 1. The summed E-state index contributed by atoms with van der Waals surface area (Å²) in [7, 11) is 2.79. The van der Waals surface area contributed by atoms with Crippen LogP contribution in [-0.2, 0) is 9.47 Å². The van der Waals surface area contributed by atoms with Crippen LogP contribution < -0.4 is 11.1 Å². The third-order valence-electron chi connectivity index (χ3n) is 2.09. The molecule has 2 amide bonds. The van der Waals surface area contributed by atoms with E-state index in [2.05, 4.69) is 5.32 Å². The van der Waals surface area contributed by atoms with Crippen molar-refractivity contribution in [1.29, 1.82) is 0 Å². The smallest absolute Gasteiger partial charge is 0.255 e. The molecule has 0 fully saturated rings. The van der Waals surface area contributed by atoms with Crippen molar-refractivity contribution < 1.29 is 19.1 Å². The Labute approximate surface area is 98.7 Å². The summed E-state index contributed by atoms with van der Waals surface area (Å²) in [5.74, 6) is -1.00. The standard InChI is InChI=1S/C11H14N2O4/c1-16-11(17-2)13-10(15)8-5-3-4-7(6-8)9(12)14/h3-6,11H,1-2H3,(H2,12,14)(H,13,15). The molecule has 1 rings (SSSR count). The number of ether oxygens (including phenoxy) is 2. The molecule has 0 heterocycles. The summed E-state index contributed by atoms with van der Waals surface area (Å²) in [6.07, 6.45) is -0.834. The highest BCUT2D eigenvalue weighted by Crippen LogP contribution is 2.05. The van der Waals surface area contributed by atoms with Crippen molar-refractivity contribution >= 4 is 11.8 Å². The Morgan fingerprint density at radius 2 is 1.82 bits per heavy atom. The van der Waals surface area contributed by atoms with E-state index < -0.39 is 18.2 Å². The zero-order valence-electron chi connectivity index (χ0n) is 9.60. The van der Waals surface area contributed by atoms with Crippen LogP contribution in [0.3, 0.4) is 0 Å². The topological polar surface area (TPSA) is 90.6 Å². The van der Waals surface area contributed by atoms with Gasteiger partial charge in [-0.25, -0.2) is 0 Å². The van der Waals surface area contributed by atoms with E-state index in [0.29, 0.717) is 5.56 Å². The van der Waals surface area contributed by atoms with Gasteiger partial charge in [-0.1, -0.05) is 6.07 Å². The van der Waals surface area contributed by atoms with Crippen LogP contribution in [0, 0.1) is 0 Å². The number of carbonyl (C=O) groups excluding carboxylic acids is 2. The Balaban J connectivity index is 2.82. The van der Waals surface area contributed by atoms with Crippen LogP contribution in [0.2, 0.25) is 0 Å². The predicted octanol–water partition coefficient (Wildman–Crippen LogP) is 0.0917. The normalized spacial score (nSPS) is 10.3. The maximum absolute atomic E-state index is 11.7. The lowest BCUT2D eigenvalue weighted by molar-refractivity contribution is -0.115. The zero-order valence-corrected chi connectivity index (χ0v) is 9.60. The molecule has 0 atom stereocenters. The zero-order chi connectivity index (χ0) is 12.8. The minimum absolute atomic E-state index is 0.268. The molecule has 6 heteroatoms. The average molecular weight is 238 g/mol. The summed E-state index contributed by atoms with van der Waals surface area (Å²) < 4.78 is 9.65. The fraction of sp³-hybridized carbons (Fsp3) is 0.273. The first-order chi connectivity index (χ1) is 8.08. The summed E-state index contributed by atoms with van der Waals surface area (Å²) in [4.78, 5) is 22.7. The van der Waals surface area contributed by atoms with Crippen molar-refractivity contribution in [3.05, 3.63) is 35.4 Å². The van der Waals surface area contributed by atoms with Crippen molar-refractivity contribution in [2.75, 3.05) is 14.2 Å². The Bertz CT molecular complexity index is 416. The number of hydrogen-bond acceptors (Lipinski definition) is 4. The van der Waals surface area contributed by atoms with Crippen molar-refractivity contribution in [1.82, 2.24) is 5.32 Å². The van der Waals surface area contributed by atoms with Gasteiger partial charge in [0.05, 0.1) is 0 Å². The highest BCUT2D eigenvalue weighted by Gasteiger charge is 2.13. The first-order valence-corrected chi connectivity index (χ1v) is 4.84. The van der Waals surface area contributed by atoms with Gasteiger partial charge in [0.15, 0.2) is 0 Å². The predicted molar refractivity (Wildman–Crippen MR) is 60.2 cm³/mol. The van der Waals surface area contributed by atoms with Gasteiger partial charge in [-0.3, -0.25) is 9.59 Å². The summed E-state index contributed by atoms with van der Waals surface area (Å²) >= 11 is 0. The molecule has 0 unspecified atom stereocenters. The lowest BCUT2D eigenvalue weighted by atomic mass is 10.1. The average Bonchev–Trinajstić information content (AvgIpc) is 2.35. The molecule has 1 aromatic carbocycles. The number of rotatable bonds is 5. The summed E-state index contributed by atoms with van der Waals surface area (Å²) in [5.41, 5.74) is 5.69. The lowest BCUT2D eigenvalue weighted by Crippen LogP contribution is -2.37. The number of hydrogen-bond donors (Lipinski definition) is 2. The van der Waals surface area contributed by atoms with E-state index in [4.69, 9.17) is 15.2 Å². The molecule has 17 heavy (non-hydrogen) atoms. The van der Waals surface area contributed by atoms with E-state index in [1.165, 1.54) is 26.4 Å². The van der Waals surface area contributed by atoms with Gasteiger partial charge < -0.3 is 20.5 Å². The number of primary amides is 1. The van der Waals surface area contributed by atoms with Crippen LogP contribution in [0.1, 0.15) is 20.7 Å². The molecule has 0 aliphatic rings. The molecule has 0 saturated carbocycles. The molecule has 0 spiro atoms. The van der Waals surface area contributed by atoms with Crippen molar-refractivity contribution in [3.8, 4) is 0 Å². The molecular formula is C11H14N2O4. The molecular weight excluding hydrogens is 224 g/mol. The highest BCUT2D eigenvalue weighted by molar-refractivity contribution is 5.99. The van der Waals surface area contributed by atoms with Crippen LogP contribution >= 0.6 is 0 Å². The second kappa shape index (κ2) is 5.97. The van der Waals surface area contributed by atoms with Crippen molar-refractivity contribution in [2.24, 2.45) is 5.73 Å². The van der Waals surface area contributed by atoms with Gasteiger partial charge in [-0.15, -0.1) is 0 Å². The minimum Gasteiger partial charge on any atom is -0.366 e. The molecule has 0 radical (unpaired) electrons. The number of nitrogens with one attached hydrogen (secondary N) is 1. The van der Waals surface area contributed by atoms with Gasteiger partial charge in [-0.2, -0.15) is 0 Å². The van der Waals surface area contributed by atoms with Crippen LogP contribution in [0.5, 0.6) is 0 Å². The van der Waals surface area contributed by atoms with E-state index in [-0.39, 0.29) is 5.56 Å². The monoisotopic (exact) mass is 238 g/mol. The second-order valence-corrected chi connectivity index (χ2v) is 3.22. The van der Waals surface area contributed by atoms with Crippen molar-refractivity contribution in [3.63, 3.8) is 0 Å². The number of amides is 2. The fourth-order valence-electron chi connectivity index (χ4n) is 1.22. The fourth-order valence-corrected chi connectivity index (χ4v) is 1.22. The second-order valence-electron chi connectivity index (χ2n) is 3.22. The third kappa shape index (κ3) is 3.54. The molecule has 6 nitrogen and oxygen atoms in total. The van der Waals surface area contributed by atoms with E-state index in [9.17, 15) is 9.59 Å². The van der Waals surface area contributed by atoms with Gasteiger partial charge in [0.25, 0.3) is 5.91 Å². The highest BCUT2D eigenvalue weighted by atomic mass is 16.7. The van der Waals surface area contributed by atoms with Crippen molar-refractivity contribution in [2.45, 2.75) is 6.41 Å². The van der Waals surface area contributed by atoms with Gasteiger partial charge in [0, 0.05) is 25.3 Å². The van der Waals surface area contributed by atoms with Gasteiger partial charge in [0.1, 0.15) is 0 Å². The molecule has 3 N–H and O–H groups in total. The molecule has 0 aliphatic carbocycles. The van der Waals surface area contributed by atoms with Gasteiger partial charge >= 0.3 is 0 Å². The third-order valence-corrected chi connectivity index (χ3v) is 2.09. The molecule has 0 saturated heterocycles. The van der Waals surface area contributed by atoms with Crippen LogP contribution in [0.15, 0.2) is 24.3 Å². The SMILES string of the molecule is COC(NC(=O)c1cccc(C(N)=O)c1)OC. The largest absolute Gasteiger partial charge is 0.366 e. The first kappa shape index (κ1) is 13.1. The van der Waals surface area contributed by atoms with E-state index in [0.717, 1.165) is 0 Å². The van der Waals surface area contributed by atoms with Crippen LogP contribution in [0.4, 0.5) is 0 Å². The lowest BCUT2D eigenvalue weighted by Gasteiger charge is -2.14. The van der Waals surface area contributed by atoms with Gasteiger partial charge in [-0.05, 0) is 18.2 Å². The van der Waals surface area contributed by atoms with Gasteiger partial charge in [0.2, 0.25) is 12.3 Å². The molecule has 1 aromatic rings. The quantitative estimate of drug-likeness (QED) is 0.711.